The predicted octanol–water partition coefficient (Wildman–Crippen LogP) is 1.26. The molecule has 0 atom stereocenters. The Hall–Kier alpha value is -2.44. The van der Waals surface area contributed by atoms with Gasteiger partial charge in [-0.1, -0.05) is 0 Å². The average molecular weight is 266 g/mol. The number of nitro groups is 1. The van der Waals surface area contributed by atoms with Crippen molar-refractivity contribution in [2.24, 2.45) is 0 Å². The number of carbonyl (C=O) groups is 2. The van der Waals surface area contributed by atoms with Crippen LogP contribution in [0, 0.1) is 10.1 Å². The maximum atomic E-state index is 11.5. The van der Waals surface area contributed by atoms with Crippen molar-refractivity contribution < 1.29 is 19.2 Å². The van der Waals surface area contributed by atoms with E-state index in [-0.39, 0.29) is 29.5 Å². The summed E-state index contributed by atoms with van der Waals surface area (Å²) in [6, 6.07) is 3.73. The molecule has 0 unspecified atom stereocenters. The lowest BCUT2D eigenvalue weighted by molar-refractivity contribution is -0.385. The van der Waals surface area contributed by atoms with E-state index in [1.807, 2.05) is 0 Å². The van der Waals surface area contributed by atoms with Gasteiger partial charge in [0.15, 0.2) is 12.4 Å². The third-order valence-electron chi connectivity index (χ3n) is 2.57. The summed E-state index contributed by atoms with van der Waals surface area (Å²) in [7, 11) is 1.60. The number of carbonyl (C=O) groups excluding carboxylic acids is 2. The van der Waals surface area contributed by atoms with E-state index in [0.717, 1.165) is 0 Å². The lowest BCUT2D eigenvalue weighted by Gasteiger charge is -2.14. The Kier molecular flexibility index (Phi) is 4.99. The molecule has 0 spiro atoms. The maximum Gasteiger partial charge on any atom is 0.310 e. The second-order valence-electron chi connectivity index (χ2n) is 3.80. The molecule has 0 saturated carbocycles. The second-order valence-corrected chi connectivity index (χ2v) is 3.80. The number of amides is 1. The molecule has 0 aliphatic heterocycles. The fourth-order valence-corrected chi connectivity index (χ4v) is 1.30. The molecule has 0 N–H and O–H groups in total. The molecular weight excluding hydrogens is 252 g/mol. The van der Waals surface area contributed by atoms with Crippen molar-refractivity contribution in [2.45, 2.75) is 6.92 Å². The zero-order chi connectivity index (χ0) is 14.4. The Morgan fingerprint density at radius 3 is 2.74 bits per heavy atom. The van der Waals surface area contributed by atoms with Crippen LogP contribution < -0.4 is 4.74 Å². The number of likely N-dealkylation sites (N-methyl/N-ethyl adjacent to an activating group) is 1. The SMILES string of the molecule is CCN(C)C(=O)COc1cc(C=O)ccc1[N+](=O)[O-]. The summed E-state index contributed by atoms with van der Waals surface area (Å²) in [5.74, 6) is -0.388. The molecule has 19 heavy (non-hydrogen) atoms. The van der Waals surface area contributed by atoms with E-state index in [2.05, 4.69) is 0 Å². The Labute approximate surface area is 109 Å². The number of hydrogen-bond donors (Lipinski definition) is 0. The first-order valence-electron chi connectivity index (χ1n) is 5.60. The third-order valence-corrected chi connectivity index (χ3v) is 2.57. The summed E-state index contributed by atoms with van der Waals surface area (Å²) in [4.78, 5) is 33.8. The Morgan fingerprint density at radius 1 is 1.53 bits per heavy atom. The quantitative estimate of drug-likeness (QED) is 0.439. The minimum Gasteiger partial charge on any atom is -0.477 e. The molecule has 0 aliphatic carbocycles. The van der Waals surface area contributed by atoms with Crippen LogP contribution in [0.15, 0.2) is 18.2 Å². The van der Waals surface area contributed by atoms with Crippen LogP contribution in [0.4, 0.5) is 5.69 Å². The molecule has 0 heterocycles. The van der Waals surface area contributed by atoms with Gasteiger partial charge in [-0.3, -0.25) is 19.7 Å². The molecule has 1 amide bonds. The van der Waals surface area contributed by atoms with Crippen LogP contribution in [0.3, 0.4) is 0 Å². The van der Waals surface area contributed by atoms with Crippen LogP contribution in [-0.2, 0) is 4.79 Å². The molecule has 7 nitrogen and oxygen atoms in total. The van der Waals surface area contributed by atoms with E-state index in [1.165, 1.54) is 23.1 Å². The van der Waals surface area contributed by atoms with Gasteiger partial charge >= 0.3 is 5.69 Å². The topological polar surface area (TPSA) is 89.8 Å². The van der Waals surface area contributed by atoms with E-state index in [1.54, 1.807) is 14.0 Å². The van der Waals surface area contributed by atoms with Gasteiger partial charge in [0.05, 0.1) is 4.92 Å². The zero-order valence-corrected chi connectivity index (χ0v) is 10.7. The molecule has 0 fully saturated rings. The highest BCUT2D eigenvalue weighted by Gasteiger charge is 2.17. The van der Waals surface area contributed by atoms with Crippen molar-refractivity contribution in [3.05, 3.63) is 33.9 Å². The first-order chi connectivity index (χ1) is 8.99. The number of aldehydes is 1. The van der Waals surface area contributed by atoms with Crippen LogP contribution in [0.5, 0.6) is 5.75 Å². The van der Waals surface area contributed by atoms with Gasteiger partial charge in [0.25, 0.3) is 5.91 Å². The van der Waals surface area contributed by atoms with Crippen LogP contribution in [0.25, 0.3) is 0 Å². The monoisotopic (exact) mass is 266 g/mol. The number of nitrogens with zero attached hydrogens (tertiary/aromatic N) is 2. The molecule has 1 rings (SSSR count). The average Bonchev–Trinajstić information content (AvgIpc) is 2.43. The molecular formula is C12H14N2O5. The maximum absolute atomic E-state index is 11.5. The largest absolute Gasteiger partial charge is 0.477 e. The highest BCUT2D eigenvalue weighted by atomic mass is 16.6. The van der Waals surface area contributed by atoms with Gasteiger partial charge in [-0.15, -0.1) is 0 Å². The van der Waals surface area contributed by atoms with Gasteiger partial charge in [0, 0.05) is 25.2 Å². The second kappa shape index (κ2) is 6.48. The van der Waals surface area contributed by atoms with Gasteiger partial charge in [-0.25, -0.2) is 0 Å². The number of hydrogen-bond acceptors (Lipinski definition) is 5. The summed E-state index contributed by atoms with van der Waals surface area (Å²) in [6.07, 6.45) is 0.552. The fourth-order valence-electron chi connectivity index (χ4n) is 1.30. The summed E-state index contributed by atoms with van der Waals surface area (Å²) >= 11 is 0. The molecule has 7 heteroatoms. The van der Waals surface area contributed by atoms with E-state index in [0.29, 0.717) is 12.8 Å². The van der Waals surface area contributed by atoms with Crippen molar-refractivity contribution in [2.75, 3.05) is 20.2 Å². The molecule has 1 aromatic rings. The van der Waals surface area contributed by atoms with E-state index < -0.39 is 4.92 Å². The summed E-state index contributed by atoms with van der Waals surface area (Å²) in [5, 5.41) is 10.8. The van der Waals surface area contributed by atoms with Crippen LogP contribution in [0.2, 0.25) is 0 Å². The Balaban J connectivity index is 2.89. The van der Waals surface area contributed by atoms with Gasteiger partial charge in [0.2, 0.25) is 0 Å². The molecule has 0 saturated heterocycles. The molecule has 0 aliphatic rings. The third kappa shape index (κ3) is 3.77. The smallest absolute Gasteiger partial charge is 0.310 e. The van der Waals surface area contributed by atoms with Crippen LogP contribution in [0.1, 0.15) is 17.3 Å². The highest BCUT2D eigenvalue weighted by molar-refractivity contribution is 5.79. The molecule has 1 aromatic carbocycles. The van der Waals surface area contributed by atoms with Gasteiger partial charge in [-0.05, 0) is 19.1 Å². The van der Waals surface area contributed by atoms with Crippen LogP contribution in [-0.4, -0.2) is 42.2 Å². The van der Waals surface area contributed by atoms with Crippen molar-refractivity contribution in [3.63, 3.8) is 0 Å². The minimum absolute atomic E-state index is 0.0903. The summed E-state index contributed by atoms with van der Waals surface area (Å²) < 4.78 is 5.13. The van der Waals surface area contributed by atoms with E-state index in [9.17, 15) is 19.7 Å². The van der Waals surface area contributed by atoms with E-state index in [4.69, 9.17) is 4.74 Å². The highest BCUT2D eigenvalue weighted by Crippen LogP contribution is 2.27. The van der Waals surface area contributed by atoms with Crippen molar-refractivity contribution in [1.82, 2.24) is 4.90 Å². The lowest BCUT2D eigenvalue weighted by atomic mass is 10.2. The van der Waals surface area contributed by atoms with Crippen molar-refractivity contribution >= 4 is 17.9 Å². The van der Waals surface area contributed by atoms with Crippen LogP contribution >= 0.6 is 0 Å². The Morgan fingerprint density at radius 2 is 2.21 bits per heavy atom. The first kappa shape index (κ1) is 14.6. The Bertz CT molecular complexity index is 501. The zero-order valence-electron chi connectivity index (χ0n) is 10.7. The fraction of sp³-hybridized carbons (Fsp3) is 0.333. The predicted molar refractivity (Wildman–Crippen MR) is 67.3 cm³/mol. The molecule has 0 radical (unpaired) electrons. The molecule has 0 aromatic heterocycles. The van der Waals surface area contributed by atoms with Gasteiger partial charge in [-0.2, -0.15) is 0 Å². The van der Waals surface area contributed by atoms with E-state index >= 15 is 0 Å². The standard InChI is InChI=1S/C12H14N2O5/c1-3-13(2)12(16)8-19-11-6-9(7-15)4-5-10(11)14(17)18/h4-7H,3,8H2,1-2H3. The summed E-state index contributed by atoms with van der Waals surface area (Å²) in [6.45, 7) is 2.00. The molecule has 0 bridgehead atoms. The number of nitro benzene ring substituents is 1. The van der Waals surface area contributed by atoms with Crippen molar-refractivity contribution in [1.29, 1.82) is 0 Å². The first-order valence-corrected chi connectivity index (χ1v) is 5.60. The minimum atomic E-state index is -0.627. The number of ether oxygens (including phenoxy) is 1. The summed E-state index contributed by atoms with van der Waals surface area (Å²) in [5.41, 5.74) is -0.0329. The number of benzene rings is 1. The lowest BCUT2D eigenvalue weighted by Crippen LogP contribution is -2.31. The van der Waals surface area contributed by atoms with Gasteiger partial charge < -0.3 is 9.64 Å². The van der Waals surface area contributed by atoms with Crippen molar-refractivity contribution in [3.8, 4) is 5.75 Å². The molecule has 102 valence electrons. The number of rotatable bonds is 6. The van der Waals surface area contributed by atoms with Gasteiger partial charge in [0.1, 0.15) is 6.29 Å². The normalized spacial score (nSPS) is 9.79.